The van der Waals surface area contributed by atoms with Crippen molar-refractivity contribution in [2.75, 3.05) is 20.1 Å². The number of fused-ring (bicyclic) bond motifs is 1. The van der Waals surface area contributed by atoms with Gasteiger partial charge in [-0.15, -0.1) is 0 Å². The van der Waals surface area contributed by atoms with Gasteiger partial charge in [-0.05, 0) is 53.6 Å². The van der Waals surface area contributed by atoms with Gasteiger partial charge < -0.3 is 35.0 Å². The molecule has 2 heterocycles. The molecule has 1 amide bonds. The molecule has 0 bridgehead atoms. The maximum absolute atomic E-state index is 12.8. The third-order valence-electron chi connectivity index (χ3n) is 8.26. The summed E-state index contributed by atoms with van der Waals surface area (Å²) in [5.74, 6) is -0.190. The summed E-state index contributed by atoms with van der Waals surface area (Å²) < 4.78 is 12.9. The number of carbonyl (C=O) groups is 1. The van der Waals surface area contributed by atoms with Crippen LogP contribution in [-0.2, 0) is 22.6 Å². The van der Waals surface area contributed by atoms with Crippen LogP contribution in [0.4, 0.5) is 0 Å². The number of aliphatic hydroxyl groups is 2. The van der Waals surface area contributed by atoms with E-state index in [1.807, 2.05) is 84.7 Å². The van der Waals surface area contributed by atoms with Gasteiger partial charge in [0.1, 0.15) is 11.4 Å². The topological polar surface area (TPSA) is 137 Å². The Bertz CT molecular complexity index is 1800. The maximum atomic E-state index is 12.8. The summed E-state index contributed by atoms with van der Waals surface area (Å²) in [4.78, 5) is 23.5. The van der Waals surface area contributed by atoms with Crippen molar-refractivity contribution >= 4 is 16.9 Å². The molecule has 10 heteroatoms. The number of carbonyl (C=O) groups excluding carboxylic acids is 1. The fourth-order valence-corrected chi connectivity index (χ4v) is 5.72. The summed E-state index contributed by atoms with van der Waals surface area (Å²) in [7, 11) is 1.93. The second kappa shape index (κ2) is 14.8. The molecule has 1 aromatic heterocycles. The lowest BCUT2D eigenvalue weighted by atomic mass is 9.99. The van der Waals surface area contributed by atoms with Gasteiger partial charge in [0.05, 0.1) is 42.1 Å². The normalized spacial score (nSPS) is 18.7. The van der Waals surface area contributed by atoms with Crippen LogP contribution in [-0.4, -0.2) is 62.3 Å². The molecule has 1 aliphatic heterocycles. The number of aromatic nitrogens is 2. The van der Waals surface area contributed by atoms with Gasteiger partial charge in [-0.2, -0.15) is 0 Å². The van der Waals surface area contributed by atoms with Crippen LogP contribution >= 0.6 is 0 Å². The lowest BCUT2D eigenvalue weighted by Crippen LogP contribution is -2.39. The number of para-hydroxylation sites is 2. The Hall–Kier alpha value is -4.71. The number of nitrogens with one attached hydrogen (secondary N) is 1. The van der Waals surface area contributed by atoms with Crippen LogP contribution in [0.1, 0.15) is 63.2 Å². The number of aromatic hydroxyl groups is 1. The molecule has 0 unspecified atom stereocenters. The van der Waals surface area contributed by atoms with Crippen molar-refractivity contribution in [3.63, 3.8) is 0 Å². The Morgan fingerprint density at radius 1 is 0.936 bits per heavy atom. The number of aliphatic hydroxyl groups excluding tert-OH is 2. The van der Waals surface area contributed by atoms with E-state index in [9.17, 15) is 20.1 Å². The van der Waals surface area contributed by atoms with Crippen LogP contribution in [0.3, 0.4) is 0 Å². The van der Waals surface area contributed by atoms with E-state index >= 15 is 0 Å². The van der Waals surface area contributed by atoms with E-state index in [0.29, 0.717) is 37.1 Å². The molecule has 47 heavy (non-hydrogen) atoms. The first kappa shape index (κ1) is 32.2. The second-order valence-electron chi connectivity index (χ2n) is 11.9. The predicted molar refractivity (Wildman–Crippen MR) is 176 cm³/mol. The van der Waals surface area contributed by atoms with Crippen LogP contribution < -0.4 is 5.32 Å². The number of phenols is 1. The summed E-state index contributed by atoms with van der Waals surface area (Å²) >= 11 is 0. The molecule has 6 rings (SSSR count). The number of amides is 1. The molecule has 1 aliphatic rings. The minimum atomic E-state index is -0.772. The summed E-state index contributed by atoms with van der Waals surface area (Å²) in [5.41, 5.74) is 5.85. The van der Waals surface area contributed by atoms with Gasteiger partial charge >= 0.3 is 0 Å². The number of ether oxygens (including phenoxy) is 2. The van der Waals surface area contributed by atoms with Crippen LogP contribution in [0, 0.1) is 0 Å². The highest BCUT2D eigenvalue weighted by molar-refractivity contribution is 5.93. The molecule has 0 spiro atoms. The Morgan fingerprint density at radius 3 is 2.40 bits per heavy atom. The first-order valence-corrected chi connectivity index (χ1v) is 15.6. The largest absolute Gasteiger partial charge is 0.508 e. The molecular formula is C37H38N4O6. The minimum Gasteiger partial charge on any atom is -0.508 e. The van der Waals surface area contributed by atoms with Gasteiger partial charge in [-0.1, -0.05) is 72.8 Å². The highest BCUT2D eigenvalue weighted by atomic mass is 16.7. The molecule has 4 N–H and O–H groups in total. The lowest BCUT2D eigenvalue weighted by molar-refractivity contribution is -0.252. The Morgan fingerprint density at radius 2 is 1.66 bits per heavy atom. The molecule has 5 aromatic rings. The van der Waals surface area contributed by atoms with Crippen LogP contribution in [0.5, 0.6) is 5.75 Å². The van der Waals surface area contributed by atoms with Crippen molar-refractivity contribution in [2.24, 2.45) is 0 Å². The van der Waals surface area contributed by atoms with Gasteiger partial charge in [0.2, 0.25) is 0 Å². The molecule has 1 fully saturated rings. The van der Waals surface area contributed by atoms with Crippen LogP contribution in [0.2, 0.25) is 0 Å². The van der Waals surface area contributed by atoms with Gasteiger partial charge in [0.25, 0.3) is 5.91 Å². The number of benzene rings is 4. The van der Waals surface area contributed by atoms with Crippen molar-refractivity contribution < 1.29 is 29.6 Å². The van der Waals surface area contributed by atoms with Crippen molar-refractivity contribution in [1.82, 2.24) is 20.2 Å². The molecular weight excluding hydrogens is 596 g/mol. The zero-order valence-corrected chi connectivity index (χ0v) is 26.1. The SMILES string of the molecule is CN(C[C@H]1C[C@@H](c2ccc(CO)cc2)O[C@@H](c2ccc(CNC(=O)c3cnc4ccccc4n3)cc2)O1)C[C@@H](O)c1cccc(O)c1. The second-order valence-corrected chi connectivity index (χ2v) is 11.9. The number of nitrogens with zero attached hydrogens (tertiary/aromatic N) is 3. The summed E-state index contributed by atoms with van der Waals surface area (Å²) in [6, 6.07) is 29.5. The maximum Gasteiger partial charge on any atom is 0.271 e. The molecule has 242 valence electrons. The number of likely N-dealkylation sites (N-methyl/N-ethyl adjacent to an activating group) is 1. The standard InChI is InChI=1S/C37H38N4O6/c1-41(22-34(44)28-5-4-6-29(43)17-28)21-30-18-35(26-13-11-25(23-42)12-14-26)47-37(46-30)27-15-9-24(10-16-27)19-39-36(45)33-20-38-31-7-2-3-8-32(31)40-33/h2-17,20,30,34-35,37,42-44H,18-19,21-23H2,1H3,(H,39,45)/t30-,34-,35+,37+/m1/s1. The van der Waals surface area contributed by atoms with E-state index in [0.717, 1.165) is 27.8 Å². The fraction of sp³-hybridized carbons (Fsp3) is 0.270. The molecule has 0 radical (unpaired) electrons. The van der Waals surface area contributed by atoms with Crippen LogP contribution in [0.25, 0.3) is 11.0 Å². The van der Waals surface area contributed by atoms with E-state index < -0.39 is 12.4 Å². The Balaban J connectivity index is 1.12. The third-order valence-corrected chi connectivity index (χ3v) is 8.26. The van der Waals surface area contributed by atoms with Crippen LogP contribution in [0.15, 0.2) is 103 Å². The van der Waals surface area contributed by atoms with E-state index in [4.69, 9.17) is 9.47 Å². The highest BCUT2D eigenvalue weighted by Gasteiger charge is 2.33. The lowest BCUT2D eigenvalue weighted by Gasteiger charge is -2.38. The first-order valence-electron chi connectivity index (χ1n) is 15.6. The number of rotatable bonds is 11. The highest BCUT2D eigenvalue weighted by Crippen LogP contribution is 2.38. The van der Waals surface area contributed by atoms with Crippen molar-refractivity contribution in [3.8, 4) is 5.75 Å². The average Bonchev–Trinajstić information content (AvgIpc) is 3.10. The monoisotopic (exact) mass is 634 g/mol. The molecule has 10 nitrogen and oxygen atoms in total. The van der Waals surface area contributed by atoms with E-state index in [2.05, 4.69) is 15.3 Å². The predicted octanol–water partition coefficient (Wildman–Crippen LogP) is 4.97. The van der Waals surface area contributed by atoms with Crippen molar-refractivity contribution in [3.05, 3.63) is 137 Å². The number of hydrogen-bond acceptors (Lipinski definition) is 9. The molecule has 4 aromatic carbocycles. The summed E-state index contributed by atoms with van der Waals surface area (Å²) in [5, 5.41) is 33.0. The Kier molecular flexibility index (Phi) is 10.2. The van der Waals surface area contributed by atoms with E-state index in [1.165, 1.54) is 6.20 Å². The Labute approximate surface area is 273 Å². The van der Waals surface area contributed by atoms with Crippen molar-refractivity contribution in [2.45, 2.75) is 44.2 Å². The smallest absolute Gasteiger partial charge is 0.271 e. The third kappa shape index (κ3) is 8.18. The number of phenolic OH excluding ortho intramolecular Hbond substituents is 1. The fourth-order valence-electron chi connectivity index (χ4n) is 5.72. The van der Waals surface area contributed by atoms with Gasteiger partial charge in [0, 0.05) is 31.6 Å². The van der Waals surface area contributed by atoms with E-state index in [-0.39, 0.29) is 36.2 Å². The first-order chi connectivity index (χ1) is 22.8. The van der Waals surface area contributed by atoms with Gasteiger partial charge in [-0.3, -0.25) is 9.78 Å². The zero-order chi connectivity index (χ0) is 32.8. The molecule has 1 saturated heterocycles. The summed E-state index contributed by atoms with van der Waals surface area (Å²) in [6.45, 7) is 1.18. The average molecular weight is 635 g/mol. The van der Waals surface area contributed by atoms with Gasteiger partial charge in [0.15, 0.2) is 6.29 Å². The number of hydrogen-bond donors (Lipinski definition) is 4. The quantitative estimate of drug-likeness (QED) is 0.159. The molecule has 0 aliphatic carbocycles. The van der Waals surface area contributed by atoms with Gasteiger partial charge in [-0.25, -0.2) is 4.98 Å². The molecule has 0 saturated carbocycles. The molecule has 4 atom stereocenters. The van der Waals surface area contributed by atoms with E-state index in [1.54, 1.807) is 24.3 Å². The minimum absolute atomic E-state index is 0.0328. The summed E-state index contributed by atoms with van der Waals surface area (Å²) in [6.07, 6.45) is 0.206. The van der Waals surface area contributed by atoms with Crippen molar-refractivity contribution in [1.29, 1.82) is 0 Å². The zero-order valence-electron chi connectivity index (χ0n) is 26.1.